The van der Waals surface area contributed by atoms with Gasteiger partial charge in [-0.3, -0.25) is 4.98 Å². The van der Waals surface area contributed by atoms with E-state index in [0.717, 1.165) is 66.8 Å². The molecular weight excluding hydrogens is 548 g/mol. The smallest absolute Gasteiger partial charge is 0.160 e. The van der Waals surface area contributed by atoms with E-state index in [9.17, 15) is 0 Å². The second-order valence-corrected chi connectivity index (χ2v) is 11.2. The lowest BCUT2D eigenvalue weighted by Gasteiger charge is -2.13. The Balaban J connectivity index is 1.32. The van der Waals surface area contributed by atoms with Crippen LogP contribution in [0.5, 0.6) is 0 Å². The van der Waals surface area contributed by atoms with E-state index in [1.807, 2.05) is 49.4 Å². The summed E-state index contributed by atoms with van der Waals surface area (Å²) < 4.78 is 0. The van der Waals surface area contributed by atoms with Gasteiger partial charge in [0.1, 0.15) is 0 Å². The molecule has 0 fully saturated rings. The average Bonchev–Trinajstić information content (AvgIpc) is 3.12. The molecule has 4 nitrogen and oxygen atoms in total. The number of aryl methyl sites for hydroxylation is 1. The van der Waals surface area contributed by atoms with Crippen LogP contribution in [0.3, 0.4) is 0 Å². The van der Waals surface area contributed by atoms with E-state index >= 15 is 0 Å². The lowest BCUT2D eigenvalue weighted by molar-refractivity contribution is 1.18. The fourth-order valence-electron chi connectivity index (χ4n) is 5.89. The molecule has 0 amide bonds. The van der Waals surface area contributed by atoms with E-state index in [1.54, 1.807) is 0 Å². The van der Waals surface area contributed by atoms with Crippen molar-refractivity contribution in [2.75, 3.05) is 0 Å². The molecule has 0 saturated heterocycles. The van der Waals surface area contributed by atoms with E-state index in [4.69, 9.17) is 19.9 Å². The number of fused-ring (bicyclic) bond motifs is 3. The molecular formula is C41H28N4. The van der Waals surface area contributed by atoms with E-state index in [2.05, 4.69) is 109 Å². The highest BCUT2D eigenvalue weighted by Gasteiger charge is 2.16. The number of pyridine rings is 2. The first-order valence-corrected chi connectivity index (χ1v) is 15.1. The predicted octanol–water partition coefficient (Wildman–Crippen LogP) is 10.2. The van der Waals surface area contributed by atoms with E-state index < -0.39 is 0 Å². The summed E-state index contributed by atoms with van der Waals surface area (Å²) in [6.45, 7) is 2.03. The first-order valence-electron chi connectivity index (χ1n) is 15.1. The second kappa shape index (κ2) is 11.3. The zero-order valence-corrected chi connectivity index (χ0v) is 24.7. The number of hydrogen-bond acceptors (Lipinski definition) is 4. The van der Waals surface area contributed by atoms with Crippen LogP contribution < -0.4 is 0 Å². The zero-order valence-electron chi connectivity index (χ0n) is 24.7. The second-order valence-electron chi connectivity index (χ2n) is 11.2. The molecule has 0 aliphatic carbocycles. The van der Waals surface area contributed by atoms with E-state index in [0.29, 0.717) is 5.82 Å². The van der Waals surface area contributed by atoms with Crippen molar-refractivity contribution in [2.45, 2.75) is 6.92 Å². The molecule has 0 bridgehead atoms. The third-order valence-electron chi connectivity index (χ3n) is 8.16. The molecule has 0 unspecified atom stereocenters. The van der Waals surface area contributed by atoms with Crippen molar-refractivity contribution >= 4 is 21.8 Å². The Morgan fingerprint density at radius 3 is 1.64 bits per heavy atom. The summed E-state index contributed by atoms with van der Waals surface area (Å²) in [4.78, 5) is 20.3. The van der Waals surface area contributed by atoms with Crippen molar-refractivity contribution in [3.8, 4) is 56.3 Å². The molecule has 4 heteroatoms. The molecule has 5 aromatic carbocycles. The van der Waals surface area contributed by atoms with Crippen molar-refractivity contribution in [1.29, 1.82) is 0 Å². The molecule has 0 spiro atoms. The van der Waals surface area contributed by atoms with Gasteiger partial charge in [-0.2, -0.15) is 0 Å². The molecule has 0 radical (unpaired) electrons. The predicted molar refractivity (Wildman–Crippen MR) is 185 cm³/mol. The van der Waals surface area contributed by atoms with Crippen molar-refractivity contribution in [2.24, 2.45) is 0 Å². The summed E-state index contributed by atoms with van der Waals surface area (Å²) in [7, 11) is 0. The Morgan fingerprint density at radius 2 is 0.933 bits per heavy atom. The van der Waals surface area contributed by atoms with Crippen molar-refractivity contribution in [3.63, 3.8) is 0 Å². The maximum absolute atomic E-state index is 5.14. The van der Waals surface area contributed by atoms with Crippen LogP contribution in [0.2, 0.25) is 0 Å². The van der Waals surface area contributed by atoms with Gasteiger partial charge in [0.15, 0.2) is 5.82 Å². The van der Waals surface area contributed by atoms with Crippen LogP contribution in [-0.4, -0.2) is 19.9 Å². The van der Waals surface area contributed by atoms with Crippen LogP contribution in [0.15, 0.2) is 152 Å². The number of rotatable bonds is 5. The van der Waals surface area contributed by atoms with Gasteiger partial charge in [-0.25, -0.2) is 15.0 Å². The molecule has 0 N–H and O–H groups in total. The van der Waals surface area contributed by atoms with Gasteiger partial charge in [0.25, 0.3) is 0 Å². The number of nitrogens with zero attached hydrogens (tertiary/aromatic N) is 4. The fraction of sp³-hybridized carbons (Fsp3) is 0.0244. The van der Waals surface area contributed by atoms with Crippen LogP contribution in [-0.2, 0) is 0 Å². The standard InChI is InChI=1S/C41H28N4/c1-27-25-35(34-23-21-32-22-24-36(30-13-7-3-8-14-30)43-39(32)40(34)42-27)38-26-37(44-41(45-38)33-15-9-4-10-16-33)31-19-17-29(18-20-31)28-11-5-2-6-12-28/h2-26H,1H3. The minimum Gasteiger partial charge on any atom is -0.251 e. The summed E-state index contributed by atoms with van der Waals surface area (Å²) in [6, 6.07) is 52.1. The van der Waals surface area contributed by atoms with Gasteiger partial charge < -0.3 is 0 Å². The SMILES string of the molecule is Cc1cc(-c2cc(-c3ccc(-c4ccccc4)cc3)nc(-c3ccccc3)n2)c2ccc3ccc(-c4ccccc4)nc3c2n1. The van der Waals surface area contributed by atoms with Crippen molar-refractivity contribution in [1.82, 2.24) is 19.9 Å². The maximum atomic E-state index is 5.14. The molecule has 45 heavy (non-hydrogen) atoms. The monoisotopic (exact) mass is 576 g/mol. The number of hydrogen-bond donors (Lipinski definition) is 0. The third kappa shape index (κ3) is 5.13. The van der Waals surface area contributed by atoms with Gasteiger partial charge in [-0.05, 0) is 36.2 Å². The van der Waals surface area contributed by atoms with Gasteiger partial charge >= 0.3 is 0 Å². The van der Waals surface area contributed by atoms with Gasteiger partial charge in [0.05, 0.1) is 28.1 Å². The summed E-state index contributed by atoms with van der Waals surface area (Å²) in [5.74, 6) is 0.683. The fourth-order valence-corrected chi connectivity index (χ4v) is 5.89. The Labute approximate surface area is 261 Å². The highest BCUT2D eigenvalue weighted by atomic mass is 14.9. The quantitative estimate of drug-likeness (QED) is 0.191. The molecule has 8 aromatic rings. The Bertz CT molecular complexity index is 2300. The van der Waals surface area contributed by atoms with Crippen LogP contribution in [0.25, 0.3) is 78.1 Å². The average molecular weight is 577 g/mol. The van der Waals surface area contributed by atoms with Gasteiger partial charge in [-0.1, -0.05) is 133 Å². The minimum absolute atomic E-state index is 0.683. The number of benzene rings is 5. The lowest BCUT2D eigenvalue weighted by atomic mass is 9.99. The first kappa shape index (κ1) is 26.6. The molecule has 0 saturated carbocycles. The minimum atomic E-state index is 0.683. The largest absolute Gasteiger partial charge is 0.251 e. The van der Waals surface area contributed by atoms with Crippen LogP contribution in [0.1, 0.15) is 5.69 Å². The highest BCUT2D eigenvalue weighted by molar-refractivity contribution is 6.08. The third-order valence-corrected chi connectivity index (χ3v) is 8.16. The van der Waals surface area contributed by atoms with Crippen LogP contribution in [0.4, 0.5) is 0 Å². The molecule has 212 valence electrons. The van der Waals surface area contributed by atoms with Gasteiger partial charge in [-0.15, -0.1) is 0 Å². The normalized spacial score (nSPS) is 11.2. The van der Waals surface area contributed by atoms with Crippen molar-refractivity contribution in [3.05, 3.63) is 157 Å². The molecule has 0 aliphatic rings. The van der Waals surface area contributed by atoms with Crippen LogP contribution >= 0.6 is 0 Å². The summed E-state index contributed by atoms with van der Waals surface area (Å²) in [6.07, 6.45) is 0. The maximum Gasteiger partial charge on any atom is 0.160 e. The highest BCUT2D eigenvalue weighted by Crippen LogP contribution is 2.35. The topological polar surface area (TPSA) is 51.6 Å². The zero-order chi connectivity index (χ0) is 30.2. The molecule has 3 heterocycles. The van der Waals surface area contributed by atoms with Crippen LogP contribution in [0, 0.1) is 6.92 Å². The van der Waals surface area contributed by atoms with Crippen molar-refractivity contribution < 1.29 is 0 Å². The summed E-state index contributed by atoms with van der Waals surface area (Å²) in [5.41, 5.74) is 11.7. The van der Waals surface area contributed by atoms with E-state index in [-0.39, 0.29) is 0 Å². The lowest BCUT2D eigenvalue weighted by Crippen LogP contribution is -1.98. The molecule has 0 aliphatic heterocycles. The Morgan fingerprint density at radius 1 is 0.378 bits per heavy atom. The molecule has 8 rings (SSSR count). The van der Waals surface area contributed by atoms with Gasteiger partial charge in [0, 0.05) is 38.7 Å². The first-order chi connectivity index (χ1) is 22.2. The summed E-state index contributed by atoms with van der Waals surface area (Å²) in [5, 5.41) is 2.06. The molecule has 3 aromatic heterocycles. The van der Waals surface area contributed by atoms with Gasteiger partial charge in [0.2, 0.25) is 0 Å². The summed E-state index contributed by atoms with van der Waals surface area (Å²) >= 11 is 0. The van der Waals surface area contributed by atoms with E-state index in [1.165, 1.54) is 11.1 Å². The molecule has 0 atom stereocenters. The Hall–Kier alpha value is -6.00. The number of aromatic nitrogens is 4. The Kier molecular flexibility index (Phi) is 6.65.